The standard InChI is InChI=1S/C12H15F3N4OS/c1-19(7-4-5-21-6-7)11-8(10(16)18-20)2-3-9(17-11)12(13,14)15/h2-3,7,20H,4-6H2,1H3,(H2,16,18). The lowest BCUT2D eigenvalue weighted by Gasteiger charge is -2.27. The Bertz CT molecular complexity index is 544. The van der Waals surface area contributed by atoms with Crippen molar-refractivity contribution in [1.29, 1.82) is 0 Å². The maximum atomic E-state index is 12.8. The van der Waals surface area contributed by atoms with E-state index < -0.39 is 11.9 Å². The number of hydrogen-bond acceptors (Lipinski definition) is 5. The van der Waals surface area contributed by atoms with Gasteiger partial charge >= 0.3 is 6.18 Å². The lowest BCUT2D eigenvalue weighted by atomic mass is 10.1. The third kappa shape index (κ3) is 3.34. The molecule has 2 rings (SSSR count). The zero-order valence-corrected chi connectivity index (χ0v) is 12.1. The van der Waals surface area contributed by atoms with Gasteiger partial charge in [0.15, 0.2) is 5.84 Å². The van der Waals surface area contributed by atoms with Gasteiger partial charge < -0.3 is 15.8 Å². The maximum absolute atomic E-state index is 12.8. The number of halogens is 3. The van der Waals surface area contributed by atoms with Crippen molar-refractivity contribution in [1.82, 2.24) is 4.98 Å². The first-order chi connectivity index (χ1) is 9.84. The van der Waals surface area contributed by atoms with E-state index in [-0.39, 0.29) is 23.3 Å². The minimum Gasteiger partial charge on any atom is -0.409 e. The molecule has 0 aromatic carbocycles. The zero-order chi connectivity index (χ0) is 15.6. The molecule has 5 nitrogen and oxygen atoms in total. The zero-order valence-electron chi connectivity index (χ0n) is 11.3. The van der Waals surface area contributed by atoms with Crippen molar-refractivity contribution >= 4 is 23.4 Å². The number of oxime groups is 1. The second-order valence-corrected chi connectivity index (χ2v) is 5.83. The quantitative estimate of drug-likeness (QED) is 0.386. The summed E-state index contributed by atoms with van der Waals surface area (Å²) in [6.07, 6.45) is -3.68. The molecule has 1 unspecified atom stereocenters. The highest BCUT2D eigenvalue weighted by Crippen LogP contribution is 2.32. The number of pyridine rings is 1. The molecule has 1 saturated heterocycles. The number of alkyl halides is 3. The minimum absolute atomic E-state index is 0.0765. The Morgan fingerprint density at radius 3 is 2.76 bits per heavy atom. The summed E-state index contributed by atoms with van der Waals surface area (Å²) in [6, 6.07) is 2.09. The SMILES string of the molecule is CN(c1nc(C(F)(F)F)ccc1C(N)=NO)C1CCSC1. The average Bonchev–Trinajstić information content (AvgIpc) is 2.98. The van der Waals surface area contributed by atoms with Gasteiger partial charge in [-0.2, -0.15) is 24.9 Å². The van der Waals surface area contributed by atoms with Crippen molar-refractivity contribution in [2.75, 3.05) is 23.5 Å². The number of nitrogens with zero attached hydrogens (tertiary/aromatic N) is 3. The van der Waals surface area contributed by atoms with Crippen molar-refractivity contribution in [3.8, 4) is 0 Å². The Labute approximate surface area is 124 Å². The molecule has 1 aliphatic heterocycles. The Hall–Kier alpha value is -1.64. The van der Waals surface area contributed by atoms with Crippen LogP contribution in [0.2, 0.25) is 0 Å². The number of anilines is 1. The van der Waals surface area contributed by atoms with Crippen molar-refractivity contribution in [3.63, 3.8) is 0 Å². The fourth-order valence-corrected chi connectivity index (χ4v) is 3.40. The van der Waals surface area contributed by atoms with Gasteiger partial charge in [-0.1, -0.05) is 5.16 Å². The maximum Gasteiger partial charge on any atom is 0.433 e. The van der Waals surface area contributed by atoms with Crippen LogP contribution >= 0.6 is 11.8 Å². The monoisotopic (exact) mass is 320 g/mol. The summed E-state index contributed by atoms with van der Waals surface area (Å²) < 4.78 is 38.5. The largest absolute Gasteiger partial charge is 0.433 e. The van der Waals surface area contributed by atoms with Gasteiger partial charge in [-0.15, -0.1) is 0 Å². The van der Waals surface area contributed by atoms with E-state index >= 15 is 0 Å². The van der Waals surface area contributed by atoms with Gasteiger partial charge in [0, 0.05) is 18.8 Å². The van der Waals surface area contributed by atoms with Gasteiger partial charge in [-0.05, 0) is 24.3 Å². The van der Waals surface area contributed by atoms with E-state index in [2.05, 4.69) is 10.1 Å². The van der Waals surface area contributed by atoms with Crippen molar-refractivity contribution in [2.45, 2.75) is 18.6 Å². The predicted octanol–water partition coefficient (Wildman–Crippen LogP) is 2.14. The fraction of sp³-hybridized carbons (Fsp3) is 0.500. The smallest absolute Gasteiger partial charge is 0.409 e. The van der Waals surface area contributed by atoms with E-state index in [0.717, 1.165) is 24.0 Å². The first-order valence-corrected chi connectivity index (χ1v) is 7.36. The Morgan fingerprint density at radius 2 is 2.24 bits per heavy atom. The molecule has 21 heavy (non-hydrogen) atoms. The average molecular weight is 320 g/mol. The number of thioether (sulfide) groups is 1. The highest BCUT2D eigenvalue weighted by Gasteiger charge is 2.34. The molecule has 1 atom stereocenters. The van der Waals surface area contributed by atoms with Crippen LogP contribution in [0.25, 0.3) is 0 Å². The van der Waals surface area contributed by atoms with Gasteiger partial charge in [0.2, 0.25) is 0 Å². The lowest BCUT2D eigenvalue weighted by molar-refractivity contribution is -0.141. The second-order valence-electron chi connectivity index (χ2n) is 4.68. The molecule has 3 N–H and O–H groups in total. The van der Waals surface area contributed by atoms with Crippen LogP contribution in [0.15, 0.2) is 17.3 Å². The van der Waals surface area contributed by atoms with Gasteiger partial charge in [-0.3, -0.25) is 0 Å². The highest BCUT2D eigenvalue weighted by molar-refractivity contribution is 7.99. The summed E-state index contributed by atoms with van der Waals surface area (Å²) in [4.78, 5) is 5.35. The molecule has 1 aliphatic rings. The van der Waals surface area contributed by atoms with Crippen molar-refractivity contribution in [3.05, 3.63) is 23.4 Å². The van der Waals surface area contributed by atoms with Crippen LogP contribution in [-0.4, -0.2) is 40.6 Å². The Balaban J connectivity index is 2.47. The van der Waals surface area contributed by atoms with Crippen LogP contribution in [-0.2, 0) is 6.18 Å². The number of aromatic nitrogens is 1. The number of amidine groups is 1. The van der Waals surface area contributed by atoms with E-state index in [4.69, 9.17) is 10.9 Å². The van der Waals surface area contributed by atoms with Gasteiger partial charge in [0.05, 0.1) is 5.56 Å². The van der Waals surface area contributed by atoms with Gasteiger partial charge in [-0.25, -0.2) is 4.98 Å². The van der Waals surface area contributed by atoms with Gasteiger partial charge in [0.1, 0.15) is 11.5 Å². The third-order valence-electron chi connectivity index (χ3n) is 3.34. The third-order valence-corrected chi connectivity index (χ3v) is 4.48. The van der Waals surface area contributed by atoms with Crippen LogP contribution in [0, 0.1) is 0 Å². The number of rotatable bonds is 3. The summed E-state index contributed by atoms with van der Waals surface area (Å²) in [5.41, 5.74) is 4.73. The highest BCUT2D eigenvalue weighted by atomic mass is 32.2. The molecule has 116 valence electrons. The molecule has 9 heteroatoms. The van der Waals surface area contributed by atoms with Gasteiger partial charge in [0.25, 0.3) is 0 Å². The molecular formula is C12H15F3N4OS. The molecule has 0 radical (unpaired) electrons. The number of nitrogens with two attached hydrogens (primary N) is 1. The molecule has 0 saturated carbocycles. The van der Waals surface area contributed by atoms with E-state index in [1.54, 1.807) is 23.7 Å². The van der Waals surface area contributed by atoms with E-state index in [1.807, 2.05) is 0 Å². The molecule has 0 spiro atoms. The summed E-state index contributed by atoms with van der Waals surface area (Å²) in [6.45, 7) is 0. The lowest BCUT2D eigenvalue weighted by Crippen LogP contribution is -2.34. The summed E-state index contributed by atoms with van der Waals surface area (Å²) in [5.74, 6) is 1.58. The van der Waals surface area contributed by atoms with Crippen LogP contribution in [0.5, 0.6) is 0 Å². The Kier molecular flexibility index (Phi) is 4.50. The summed E-state index contributed by atoms with van der Waals surface area (Å²) >= 11 is 1.73. The van der Waals surface area contributed by atoms with Crippen LogP contribution in [0.3, 0.4) is 0 Å². The number of hydrogen-bond donors (Lipinski definition) is 2. The van der Waals surface area contributed by atoms with Crippen LogP contribution in [0.4, 0.5) is 19.0 Å². The summed E-state index contributed by atoms with van der Waals surface area (Å²) in [5, 5.41) is 11.6. The van der Waals surface area contributed by atoms with Crippen LogP contribution in [0.1, 0.15) is 17.7 Å². The van der Waals surface area contributed by atoms with E-state index in [9.17, 15) is 13.2 Å². The second kappa shape index (κ2) is 6.00. The summed E-state index contributed by atoms with van der Waals surface area (Å²) in [7, 11) is 1.67. The van der Waals surface area contributed by atoms with E-state index in [0.29, 0.717) is 0 Å². The fourth-order valence-electron chi connectivity index (χ4n) is 2.13. The molecule has 0 bridgehead atoms. The van der Waals surface area contributed by atoms with Crippen molar-refractivity contribution < 1.29 is 18.4 Å². The molecular weight excluding hydrogens is 305 g/mol. The predicted molar refractivity (Wildman–Crippen MR) is 75.9 cm³/mol. The van der Waals surface area contributed by atoms with Crippen molar-refractivity contribution in [2.24, 2.45) is 10.9 Å². The van der Waals surface area contributed by atoms with E-state index in [1.165, 1.54) is 6.07 Å². The minimum atomic E-state index is -4.54. The Morgan fingerprint density at radius 1 is 1.52 bits per heavy atom. The normalized spacial score (nSPS) is 19.8. The molecule has 0 amide bonds. The first kappa shape index (κ1) is 15.7. The molecule has 0 aliphatic carbocycles. The first-order valence-electron chi connectivity index (χ1n) is 6.21. The molecule has 1 aromatic rings. The molecule has 2 heterocycles. The molecule has 1 aromatic heterocycles. The van der Waals surface area contributed by atoms with Crippen LogP contribution < -0.4 is 10.6 Å². The topological polar surface area (TPSA) is 74.7 Å². The molecule has 1 fully saturated rings.